The van der Waals surface area contributed by atoms with Crippen molar-refractivity contribution in [2.75, 3.05) is 49.8 Å². The van der Waals surface area contributed by atoms with Gasteiger partial charge in [0.2, 0.25) is 0 Å². The molecule has 0 spiro atoms. The zero-order chi connectivity index (χ0) is 19.6. The summed E-state index contributed by atoms with van der Waals surface area (Å²) in [6.45, 7) is 5.57. The van der Waals surface area contributed by atoms with Crippen LogP contribution in [0.1, 0.15) is 12.7 Å². The highest BCUT2D eigenvalue weighted by atomic mass is 16.5. The van der Waals surface area contributed by atoms with Crippen LogP contribution in [0.25, 0.3) is 0 Å². The van der Waals surface area contributed by atoms with Crippen LogP contribution in [-0.4, -0.2) is 49.9 Å². The third-order valence-corrected chi connectivity index (χ3v) is 3.57. The molecular weight excluding hydrogens is 348 g/mol. The van der Waals surface area contributed by atoms with Crippen LogP contribution in [0, 0.1) is 6.92 Å². The van der Waals surface area contributed by atoms with Crippen LogP contribution in [0.15, 0.2) is 24.3 Å². The summed E-state index contributed by atoms with van der Waals surface area (Å²) in [5, 5.41) is 11.8. The molecule has 1 heterocycles. The Balaban J connectivity index is 1.81. The van der Waals surface area contributed by atoms with Gasteiger partial charge in [-0.15, -0.1) is 0 Å². The van der Waals surface area contributed by atoms with Crippen molar-refractivity contribution in [2.24, 2.45) is 0 Å². The Morgan fingerprint density at radius 3 is 2.44 bits per heavy atom. The Kier molecular flexibility index (Phi) is 7.48. The van der Waals surface area contributed by atoms with E-state index < -0.39 is 0 Å². The van der Waals surface area contributed by atoms with Crippen LogP contribution < -0.4 is 30.7 Å². The maximum Gasteiger partial charge on any atom is 0.319 e. The molecule has 2 rings (SSSR count). The molecule has 1 aromatic carbocycles. The first-order valence-electron chi connectivity index (χ1n) is 8.66. The van der Waals surface area contributed by atoms with Gasteiger partial charge in [0.25, 0.3) is 0 Å². The zero-order valence-electron chi connectivity index (χ0n) is 16.0. The maximum atomic E-state index is 12.1. The number of hydrogen-bond donors (Lipinski definition) is 4. The van der Waals surface area contributed by atoms with Gasteiger partial charge in [-0.05, 0) is 26.0 Å². The van der Waals surface area contributed by atoms with Crippen molar-refractivity contribution in [1.82, 2.24) is 15.3 Å². The Hall–Kier alpha value is -3.23. The lowest BCUT2D eigenvalue weighted by molar-refractivity contribution is 0.252. The first kappa shape index (κ1) is 20.1. The van der Waals surface area contributed by atoms with E-state index in [9.17, 15) is 4.79 Å². The highest BCUT2D eigenvalue weighted by Gasteiger charge is 2.08. The van der Waals surface area contributed by atoms with Crippen LogP contribution in [-0.2, 0) is 0 Å². The van der Waals surface area contributed by atoms with E-state index in [1.807, 2.05) is 19.9 Å². The number of hydrogen-bond acceptors (Lipinski definition) is 7. The summed E-state index contributed by atoms with van der Waals surface area (Å²) in [6.07, 6.45) is 0. The number of carbonyl (C=O) groups excluding carboxylic acids is 1. The molecule has 9 heteroatoms. The lowest BCUT2D eigenvalue weighted by Crippen LogP contribution is -2.32. The van der Waals surface area contributed by atoms with Crippen LogP contribution in [0.2, 0.25) is 0 Å². The SMILES string of the molecule is CCNc1cc(NCCNC(=O)Nc2ccc(OC)cc2OC)nc(C)n1. The highest BCUT2D eigenvalue weighted by molar-refractivity contribution is 5.91. The van der Waals surface area contributed by atoms with Gasteiger partial charge in [0.1, 0.15) is 29.0 Å². The molecule has 9 nitrogen and oxygen atoms in total. The van der Waals surface area contributed by atoms with E-state index in [1.165, 1.54) is 7.11 Å². The molecule has 0 aliphatic heterocycles. The second-order valence-electron chi connectivity index (χ2n) is 5.59. The molecule has 0 bridgehead atoms. The van der Waals surface area contributed by atoms with Gasteiger partial charge in [0, 0.05) is 31.8 Å². The van der Waals surface area contributed by atoms with Gasteiger partial charge in [-0.1, -0.05) is 0 Å². The molecule has 0 saturated carbocycles. The molecule has 4 N–H and O–H groups in total. The average Bonchev–Trinajstić information content (AvgIpc) is 2.65. The van der Waals surface area contributed by atoms with Gasteiger partial charge in [-0.2, -0.15) is 0 Å². The fourth-order valence-corrected chi connectivity index (χ4v) is 2.36. The number of rotatable bonds is 9. The number of aryl methyl sites for hydroxylation is 1. The highest BCUT2D eigenvalue weighted by Crippen LogP contribution is 2.28. The normalized spacial score (nSPS) is 10.1. The van der Waals surface area contributed by atoms with Crippen molar-refractivity contribution >= 4 is 23.4 Å². The Morgan fingerprint density at radius 2 is 1.78 bits per heavy atom. The van der Waals surface area contributed by atoms with Crippen molar-refractivity contribution in [2.45, 2.75) is 13.8 Å². The Morgan fingerprint density at radius 1 is 1.04 bits per heavy atom. The second-order valence-corrected chi connectivity index (χ2v) is 5.59. The number of aromatic nitrogens is 2. The monoisotopic (exact) mass is 374 g/mol. The minimum Gasteiger partial charge on any atom is -0.497 e. The van der Waals surface area contributed by atoms with Gasteiger partial charge in [-0.3, -0.25) is 0 Å². The number of urea groups is 1. The number of carbonyl (C=O) groups is 1. The Bertz CT molecular complexity index is 769. The zero-order valence-corrected chi connectivity index (χ0v) is 16.0. The number of amides is 2. The average molecular weight is 374 g/mol. The molecule has 0 saturated heterocycles. The van der Waals surface area contributed by atoms with Crippen LogP contribution in [0.4, 0.5) is 22.1 Å². The standard InChI is InChI=1S/C18H26N6O3/c1-5-19-16-11-17(23-12(2)22-16)20-8-9-21-18(25)24-14-7-6-13(26-3)10-15(14)27-4/h6-7,10-11H,5,8-9H2,1-4H3,(H2,21,24,25)(H2,19,20,22,23). The van der Waals surface area contributed by atoms with Crippen LogP contribution in [0.5, 0.6) is 11.5 Å². The molecule has 0 fully saturated rings. The lowest BCUT2D eigenvalue weighted by Gasteiger charge is -2.13. The van der Waals surface area contributed by atoms with E-state index in [-0.39, 0.29) is 6.03 Å². The largest absolute Gasteiger partial charge is 0.497 e. The number of methoxy groups -OCH3 is 2. The third kappa shape index (κ3) is 6.21. The molecule has 2 amide bonds. The van der Waals surface area contributed by atoms with Gasteiger partial charge >= 0.3 is 6.03 Å². The minimum atomic E-state index is -0.326. The third-order valence-electron chi connectivity index (χ3n) is 3.57. The first-order valence-corrected chi connectivity index (χ1v) is 8.66. The molecule has 0 aliphatic rings. The second kappa shape index (κ2) is 10.0. The fraction of sp³-hybridized carbons (Fsp3) is 0.389. The molecular formula is C18H26N6O3. The molecule has 0 atom stereocenters. The predicted octanol–water partition coefficient (Wildman–Crippen LogP) is 2.47. The number of benzene rings is 1. The maximum absolute atomic E-state index is 12.1. The molecule has 27 heavy (non-hydrogen) atoms. The van der Waals surface area contributed by atoms with Gasteiger partial charge in [-0.25, -0.2) is 14.8 Å². The number of anilines is 3. The van der Waals surface area contributed by atoms with E-state index in [2.05, 4.69) is 31.2 Å². The number of nitrogens with one attached hydrogen (secondary N) is 4. The van der Waals surface area contributed by atoms with E-state index in [0.29, 0.717) is 41.9 Å². The summed E-state index contributed by atoms with van der Waals surface area (Å²) in [6, 6.07) is 6.68. The summed E-state index contributed by atoms with van der Waals surface area (Å²) in [7, 11) is 3.11. The smallest absolute Gasteiger partial charge is 0.319 e. The number of ether oxygens (including phenoxy) is 2. The van der Waals surface area contributed by atoms with Crippen molar-refractivity contribution in [3.8, 4) is 11.5 Å². The molecule has 0 unspecified atom stereocenters. The van der Waals surface area contributed by atoms with Crippen LogP contribution in [0.3, 0.4) is 0 Å². The Labute approximate surface area is 158 Å². The van der Waals surface area contributed by atoms with Gasteiger partial charge in [0.15, 0.2) is 0 Å². The summed E-state index contributed by atoms with van der Waals surface area (Å²) in [5.74, 6) is 3.32. The van der Waals surface area contributed by atoms with Crippen LogP contribution >= 0.6 is 0 Å². The van der Waals surface area contributed by atoms with Gasteiger partial charge < -0.3 is 30.7 Å². The van der Waals surface area contributed by atoms with E-state index >= 15 is 0 Å². The number of nitrogens with zero attached hydrogens (tertiary/aromatic N) is 2. The predicted molar refractivity (Wildman–Crippen MR) is 106 cm³/mol. The lowest BCUT2D eigenvalue weighted by atomic mass is 10.2. The van der Waals surface area contributed by atoms with E-state index in [0.717, 1.165) is 12.4 Å². The molecule has 1 aromatic heterocycles. The summed E-state index contributed by atoms with van der Waals surface area (Å²) in [5.41, 5.74) is 0.561. The molecule has 146 valence electrons. The van der Waals surface area contributed by atoms with Crippen molar-refractivity contribution in [1.29, 1.82) is 0 Å². The molecule has 0 aliphatic carbocycles. The van der Waals surface area contributed by atoms with Crippen molar-refractivity contribution in [3.05, 3.63) is 30.1 Å². The summed E-state index contributed by atoms with van der Waals surface area (Å²) in [4.78, 5) is 20.7. The summed E-state index contributed by atoms with van der Waals surface area (Å²) >= 11 is 0. The van der Waals surface area contributed by atoms with E-state index in [4.69, 9.17) is 9.47 Å². The first-order chi connectivity index (χ1) is 13.0. The quantitative estimate of drug-likeness (QED) is 0.499. The van der Waals surface area contributed by atoms with Crippen molar-refractivity contribution in [3.63, 3.8) is 0 Å². The molecule has 0 radical (unpaired) electrons. The minimum absolute atomic E-state index is 0.326. The van der Waals surface area contributed by atoms with Crippen molar-refractivity contribution < 1.29 is 14.3 Å². The fourth-order valence-electron chi connectivity index (χ4n) is 2.36. The topological polar surface area (TPSA) is 109 Å². The molecule has 2 aromatic rings. The summed E-state index contributed by atoms with van der Waals surface area (Å²) < 4.78 is 10.4. The van der Waals surface area contributed by atoms with Gasteiger partial charge in [0.05, 0.1) is 19.9 Å². The van der Waals surface area contributed by atoms with E-state index in [1.54, 1.807) is 25.3 Å².